The number of aliphatic hydroxyl groups excluding tert-OH is 2. The smallest absolute Gasteiger partial charge is 0.305 e. The second-order valence-electron chi connectivity index (χ2n) is 10.6. The molecule has 0 radical (unpaired) electrons. The lowest BCUT2D eigenvalue weighted by Crippen LogP contribution is -2.22. The van der Waals surface area contributed by atoms with Gasteiger partial charge in [-0.25, -0.2) is 4.39 Å². The van der Waals surface area contributed by atoms with E-state index in [0.29, 0.717) is 33.8 Å². The van der Waals surface area contributed by atoms with Gasteiger partial charge in [-0.2, -0.15) is 0 Å². The van der Waals surface area contributed by atoms with Gasteiger partial charge in [0.1, 0.15) is 11.6 Å². The molecule has 3 aromatic carbocycles. The van der Waals surface area contributed by atoms with Crippen LogP contribution in [0.1, 0.15) is 55.1 Å². The minimum atomic E-state index is -1.20. The first-order valence-corrected chi connectivity index (χ1v) is 13.8. The number of rotatable bonds is 12. The Labute approximate surface area is 243 Å². The second-order valence-corrected chi connectivity index (χ2v) is 10.6. The molecule has 0 fully saturated rings. The molecule has 0 spiro atoms. The fraction of sp³-hybridized carbons (Fsp3) is 0.273. The molecule has 1 heterocycles. The molecule has 0 bridgehead atoms. The van der Waals surface area contributed by atoms with Crippen LogP contribution in [0.2, 0.25) is 0 Å². The normalized spacial score (nSPS) is 12.7. The molecule has 8 nitrogen and oxygen atoms in total. The lowest BCUT2D eigenvalue weighted by Gasteiger charge is -2.20. The Morgan fingerprint density at radius 2 is 1.52 bits per heavy atom. The molecule has 1 amide bonds. The fourth-order valence-corrected chi connectivity index (χ4v) is 5.23. The number of carbonyl (C=O) groups is 2. The minimum Gasteiger partial charge on any atom is -0.508 e. The van der Waals surface area contributed by atoms with Crippen molar-refractivity contribution in [2.45, 2.75) is 57.8 Å². The largest absolute Gasteiger partial charge is 0.508 e. The number of aromatic nitrogens is 1. The van der Waals surface area contributed by atoms with Gasteiger partial charge in [-0.05, 0) is 78.4 Å². The first-order valence-electron chi connectivity index (χ1n) is 13.8. The molecule has 5 N–H and O–H groups in total. The van der Waals surface area contributed by atoms with Crippen LogP contribution in [-0.2, 0) is 11.3 Å². The molecule has 0 saturated carbocycles. The summed E-state index contributed by atoms with van der Waals surface area (Å²) in [5, 5.41) is 42.4. The summed E-state index contributed by atoms with van der Waals surface area (Å²) >= 11 is 0. The van der Waals surface area contributed by atoms with Gasteiger partial charge in [-0.3, -0.25) is 9.59 Å². The third-order valence-corrected chi connectivity index (χ3v) is 7.02. The molecule has 4 rings (SSSR count). The van der Waals surface area contributed by atoms with Crippen molar-refractivity contribution in [3.05, 3.63) is 95.9 Å². The predicted octanol–water partition coefficient (Wildman–Crippen LogP) is 6.02. The van der Waals surface area contributed by atoms with Gasteiger partial charge in [0.05, 0.1) is 29.9 Å². The van der Waals surface area contributed by atoms with Crippen LogP contribution in [0.4, 0.5) is 10.1 Å². The Bertz CT molecular complexity index is 1520. The van der Waals surface area contributed by atoms with Gasteiger partial charge in [0.25, 0.3) is 5.91 Å². The van der Waals surface area contributed by atoms with Crippen molar-refractivity contribution in [1.29, 1.82) is 0 Å². The molecule has 9 heteroatoms. The maximum atomic E-state index is 14.1. The van der Waals surface area contributed by atoms with E-state index in [2.05, 4.69) is 5.32 Å². The van der Waals surface area contributed by atoms with Crippen LogP contribution < -0.4 is 5.32 Å². The van der Waals surface area contributed by atoms with E-state index in [1.54, 1.807) is 24.3 Å². The van der Waals surface area contributed by atoms with E-state index in [0.717, 1.165) is 5.56 Å². The van der Waals surface area contributed by atoms with Crippen LogP contribution in [0.5, 0.6) is 5.75 Å². The number of phenols is 1. The standard InChI is InChI=1S/C33H35FN2O6/c1-20(2)31-30(33(42)35-24-12-14-25(37)15-13-24)29(21-6-4-3-5-7-21)32(22-8-10-23(34)11-9-22)36(31)17-16-26(38)18-27(39)19-28(40)41/h3-15,20,26-27,37-39H,16-19H2,1-2H3,(H,35,42)(H,40,41)/t26-,27-/m1/s1/i12+1,13+1,14+1,15+1,24+1,25+1. The molecule has 220 valence electrons. The fourth-order valence-electron chi connectivity index (χ4n) is 5.23. The highest BCUT2D eigenvalue weighted by Gasteiger charge is 2.31. The van der Waals surface area contributed by atoms with Crippen LogP contribution in [0.25, 0.3) is 22.4 Å². The van der Waals surface area contributed by atoms with Crippen molar-refractivity contribution in [3.63, 3.8) is 0 Å². The molecule has 2 atom stereocenters. The highest BCUT2D eigenvalue weighted by Crippen LogP contribution is 2.42. The number of hydrogen-bond acceptors (Lipinski definition) is 5. The summed E-state index contributed by atoms with van der Waals surface area (Å²) in [6, 6.07) is 21.5. The van der Waals surface area contributed by atoms with E-state index in [9.17, 15) is 29.3 Å². The van der Waals surface area contributed by atoms with Crippen molar-refractivity contribution in [1.82, 2.24) is 4.57 Å². The third-order valence-electron chi connectivity index (χ3n) is 7.02. The molecule has 1 aromatic heterocycles. The van der Waals surface area contributed by atoms with Crippen LogP contribution in [0, 0.1) is 5.82 Å². The SMILES string of the molecule is CC(C)c1c(C(=O)N[13c]2[13cH][13cH][13c](O)[13cH][13cH]2)c(-c2ccccc2)c(-c2ccc(F)cc2)n1CC[C@@H](O)C[C@@H](O)CC(=O)O. The highest BCUT2D eigenvalue weighted by molar-refractivity contribution is 6.12. The van der Waals surface area contributed by atoms with Gasteiger partial charge < -0.3 is 30.3 Å². The zero-order valence-electron chi connectivity index (χ0n) is 23.5. The number of nitrogens with one attached hydrogen (secondary N) is 1. The summed E-state index contributed by atoms with van der Waals surface area (Å²) in [5.74, 6) is -2.02. The number of aliphatic carboxylic acids is 1. The van der Waals surface area contributed by atoms with Crippen LogP contribution >= 0.6 is 0 Å². The number of aliphatic hydroxyl groups is 2. The van der Waals surface area contributed by atoms with E-state index in [1.807, 2.05) is 48.7 Å². The number of carboxylic acid groups (broad SMARTS) is 1. The number of halogens is 1. The molecule has 0 aliphatic rings. The maximum Gasteiger partial charge on any atom is 0.305 e. The molecular weight excluding hydrogens is 545 g/mol. The lowest BCUT2D eigenvalue weighted by molar-refractivity contribution is -0.139. The Balaban J connectivity index is 1.89. The number of nitrogens with zero attached hydrogens (tertiary/aromatic N) is 1. The van der Waals surface area contributed by atoms with Crippen molar-refractivity contribution < 1.29 is 34.4 Å². The summed E-state index contributed by atoms with van der Waals surface area (Å²) in [6.45, 7) is 4.16. The lowest BCUT2D eigenvalue weighted by atomic mass is 9.94. The summed E-state index contributed by atoms with van der Waals surface area (Å²) in [4.78, 5) is 25.1. The summed E-state index contributed by atoms with van der Waals surface area (Å²) in [5.41, 5.74) is 4.35. The monoisotopic (exact) mass is 580 g/mol. The number of phenolic OH excluding ortho intramolecular Hbond substituents is 1. The van der Waals surface area contributed by atoms with Gasteiger partial charge in [-0.1, -0.05) is 44.2 Å². The van der Waals surface area contributed by atoms with Gasteiger partial charge >= 0.3 is 5.97 Å². The Morgan fingerprint density at radius 1 is 0.881 bits per heavy atom. The molecule has 42 heavy (non-hydrogen) atoms. The molecular formula is C33H35FN2O6. The van der Waals surface area contributed by atoms with Crippen molar-refractivity contribution in [2.24, 2.45) is 0 Å². The van der Waals surface area contributed by atoms with Gasteiger partial charge in [0.15, 0.2) is 0 Å². The number of hydrogen-bond donors (Lipinski definition) is 5. The topological polar surface area (TPSA) is 132 Å². The second kappa shape index (κ2) is 13.5. The number of anilines is 1. The van der Waals surface area contributed by atoms with E-state index in [1.165, 1.54) is 24.3 Å². The Kier molecular flexibility index (Phi) is 9.77. The van der Waals surface area contributed by atoms with E-state index in [4.69, 9.17) is 5.11 Å². The Hall–Kier alpha value is -4.47. The zero-order valence-corrected chi connectivity index (χ0v) is 23.5. The average molecular weight is 581 g/mol. The number of aromatic hydroxyl groups is 1. The number of benzene rings is 3. The zero-order chi connectivity index (χ0) is 30.4. The number of carbonyl (C=O) groups excluding carboxylic acids is 1. The van der Waals surface area contributed by atoms with Crippen LogP contribution in [0.15, 0.2) is 78.9 Å². The minimum absolute atomic E-state index is 0.0672. The van der Waals surface area contributed by atoms with Crippen molar-refractivity contribution >= 4 is 17.6 Å². The highest BCUT2D eigenvalue weighted by atomic mass is 19.1. The molecule has 4 aromatic rings. The van der Waals surface area contributed by atoms with E-state index in [-0.39, 0.29) is 37.0 Å². The van der Waals surface area contributed by atoms with Crippen LogP contribution in [0.3, 0.4) is 0 Å². The third kappa shape index (κ3) is 7.23. The average Bonchev–Trinajstić information content (AvgIpc) is 3.29. The van der Waals surface area contributed by atoms with Crippen molar-refractivity contribution in [3.8, 4) is 28.1 Å². The summed E-state index contributed by atoms with van der Waals surface area (Å²) in [7, 11) is 0. The summed E-state index contributed by atoms with van der Waals surface area (Å²) in [6.07, 6.45) is -2.62. The first-order chi connectivity index (χ1) is 20.0. The molecule has 0 aliphatic carbocycles. The van der Waals surface area contributed by atoms with E-state index < -0.39 is 30.4 Å². The number of amides is 1. The Morgan fingerprint density at radius 3 is 2.12 bits per heavy atom. The van der Waals surface area contributed by atoms with Gasteiger partial charge in [0, 0.05) is 23.5 Å². The van der Waals surface area contributed by atoms with Crippen molar-refractivity contribution in [2.75, 3.05) is 5.32 Å². The maximum absolute atomic E-state index is 14.1. The van der Waals surface area contributed by atoms with Gasteiger partial charge in [0.2, 0.25) is 0 Å². The van der Waals surface area contributed by atoms with Gasteiger partial charge in [-0.15, -0.1) is 0 Å². The van der Waals surface area contributed by atoms with E-state index >= 15 is 0 Å². The van der Waals surface area contributed by atoms with Crippen LogP contribution in [-0.4, -0.2) is 49.1 Å². The molecule has 0 saturated heterocycles. The number of carboxylic acids is 1. The molecule has 0 aliphatic heterocycles. The summed E-state index contributed by atoms with van der Waals surface area (Å²) < 4.78 is 16.0. The molecule has 0 unspecified atom stereocenters. The first kappa shape index (κ1) is 30.5. The predicted molar refractivity (Wildman–Crippen MR) is 159 cm³/mol. The quantitative estimate of drug-likeness (QED) is 0.130.